The van der Waals surface area contributed by atoms with Crippen molar-refractivity contribution in [3.05, 3.63) is 89.0 Å². The van der Waals surface area contributed by atoms with E-state index in [1.54, 1.807) is 0 Å². The molecule has 228 valence electrons. The molecule has 1 N–H and O–H groups in total. The van der Waals surface area contributed by atoms with Crippen LogP contribution in [-0.2, 0) is 6.42 Å². The number of nitrogens with zero attached hydrogens (tertiary/aromatic N) is 1. The smallest absolute Gasteiger partial charge is 0.252 e. The molecule has 0 atom stereocenters. The monoisotopic (exact) mass is 580 g/mol. The highest BCUT2D eigenvalue weighted by Gasteiger charge is 2.22. The lowest BCUT2D eigenvalue weighted by Crippen LogP contribution is -2.28. The number of nitrogens with one attached hydrogen (secondary N) is 1. The van der Waals surface area contributed by atoms with Gasteiger partial charge in [-0.2, -0.15) is 0 Å². The summed E-state index contributed by atoms with van der Waals surface area (Å²) in [5.74, 6) is 1.65. The molecule has 43 heavy (non-hydrogen) atoms. The van der Waals surface area contributed by atoms with Gasteiger partial charge < -0.3 is 14.8 Å². The average molecular weight is 581 g/mol. The fraction of sp³-hybridized carbons (Fsp3) is 0.421. The molecule has 1 aromatic heterocycles. The molecule has 0 fully saturated rings. The van der Waals surface area contributed by atoms with Crippen molar-refractivity contribution in [2.24, 2.45) is 0 Å². The number of hydrogen-bond acceptors (Lipinski definition) is 4. The van der Waals surface area contributed by atoms with E-state index in [2.05, 4.69) is 84.1 Å². The van der Waals surface area contributed by atoms with Crippen LogP contribution < -0.4 is 14.8 Å². The molecule has 0 bridgehead atoms. The van der Waals surface area contributed by atoms with Gasteiger partial charge >= 0.3 is 0 Å². The second-order valence-corrected chi connectivity index (χ2v) is 12.8. The van der Waals surface area contributed by atoms with Gasteiger partial charge in [-0.15, -0.1) is 0 Å². The summed E-state index contributed by atoms with van der Waals surface area (Å²) in [6, 6.07) is 22.4. The molecule has 0 radical (unpaired) electrons. The number of carbonyl (C=O) groups is 1. The number of ether oxygens (including phenoxy) is 2. The van der Waals surface area contributed by atoms with Crippen LogP contribution in [0.3, 0.4) is 0 Å². The van der Waals surface area contributed by atoms with Gasteiger partial charge in [0.15, 0.2) is 0 Å². The van der Waals surface area contributed by atoms with E-state index in [0.29, 0.717) is 12.1 Å². The Morgan fingerprint density at radius 1 is 0.837 bits per heavy atom. The van der Waals surface area contributed by atoms with E-state index in [-0.39, 0.29) is 17.1 Å². The van der Waals surface area contributed by atoms with Gasteiger partial charge in [0.2, 0.25) is 0 Å². The first-order valence-electron chi connectivity index (χ1n) is 15.7. The van der Waals surface area contributed by atoms with Crippen molar-refractivity contribution in [2.45, 2.75) is 98.7 Å². The van der Waals surface area contributed by atoms with Gasteiger partial charge in [0.05, 0.1) is 16.8 Å². The van der Waals surface area contributed by atoms with Crippen LogP contribution in [0.4, 0.5) is 0 Å². The number of benzene rings is 3. The molecule has 0 aliphatic carbocycles. The van der Waals surface area contributed by atoms with Crippen molar-refractivity contribution in [1.29, 1.82) is 0 Å². The third-order valence-electron chi connectivity index (χ3n) is 8.37. The van der Waals surface area contributed by atoms with E-state index < -0.39 is 0 Å². The van der Waals surface area contributed by atoms with Gasteiger partial charge in [-0.3, -0.25) is 4.79 Å². The van der Waals surface area contributed by atoms with Gasteiger partial charge in [-0.25, -0.2) is 4.98 Å². The summed E-state index contributed by atoms with van der Waals surface area (Å²) in [5, 5.41) is 4.07. The highest BCUT2D eigenvalue weighted by molar-refractivity contribution is 6.08. The largest absolute Gasteiger partial charge is 0.488 e. The molecule has 4 rings (SSSR count). The molecule has 3 aromatic carbocycles. The van der Waals surface area contributed by atoms with Gasteiger partial charge in [-0.05, 0) is 96.9 Å². The summed E-state index contributed by atoms with van der Waals surface area (Å²) in [7, 11) is 0. The Labute approximate surface area is 258 Å². The van der Waals surface area contributed by atoms with Crippen LogP contribution in [0, 0.1) is 13.8 Å². The Bertz CT molecular complexity index is 1550. The van der Waals surface area contributed by atoms with E-state index in [1.165, 1.54) is 5.56 Å². The molecule has 0 saturated carbocycles. The Hall–Kier alpha value is -3.86. The van der Waals surface area contributed by atoms with Crippen molar-refractivity contribution in [3.8, 4) is 22.8 Å². The molecule has 0 unspecified atom stereocenters. The van der Waals surface area contributed by atoms with Crippen molar-refractivity contribution >= 4 is 16.8 Å². The Balaban J connectivity index is 1.45. The molecule has 0 aliphatic rings. The summed E-state index contributed by atoms with van der Waals surface area (Å²) < 4.78 is 12.7. The zero-order valence-corrected chi connectivity index (χ0v) is 27.3. The summed E-state index contributed by atoms with van der Waals surface area (Å²) in [5.41, 5.74) is 6.12. The number of aromatic nitrogens is 1. The first kappa shape index (κ1) is 32.1. The molecular weight excluding hydrogens is 532 g/mol. The van der Waals surface area contributed by atoms with Crippen LogP contribution in [0.25, 0.3) is 22.2 Å². The van der Waals surface area contributed by atoms with Crippen LogP contribution >= 0.6 is 0 Å². The quantitative estimate of drug-likeness (QED) is 0.160. The SMILES string of the molecule is CCC(C)(C)Oc1ccc(CCCCNC(=O)c2c(C)c(-c3ccc(C)cc3)nc3ccccc23)c(OC(C)(C)CC)c1. The summed E-state index contributed by atoms with van der Waals surface area (Å²) >= 11 is 0. The van der Waals surface area contributed by atoms with Gasteiger partial charge in [0.1, 0.15) is 22.7 Å². The molecule has 1 heterocycles. The molecule has 5 heteroatoms. The lowest BCUT2D eigenvalue weighted by Gasteiger charge is -2.29. The predicted molar refractivity (Wildman–Crippen MR) is 178 cm³/mol. The number of pyridine rings is 1. The number of fused-ring (bicyclic) bond motifs is 1. The Morgan fingerprint density at radius 2 is 1.51 bits per heavy atom. The standard InChI is InChI=1S/C38H48N2O3/c1-9-37(5,6)42-30-23-22-28(33(25-30)43-38(7,8)10-2)15-13-14-24-39-36(41)34-27(4)35(29-20-18-26(3)19-21-29)40-32-17-12-11-16-31(32)34/h11-12,16-23,25H,9-10,13-15,24H2,1-8H3,(H,39,41). The maximum atomic E-state index is 13.6. The molecular formula is C38H48N2O3. The third-order valence-corrected chi connectivity index (χ3v) is 8.37. The Kier molecular flexibility index (Phi) is 10.2. The van der Waals surface area contributed by atoms with Crippen molar-refractivity contribution in [1.82, 2.24) is 10.3 Å². The van der Waals surface area contributed by atoms with Gasteiger partial charge in [0, 0.05) is 23.6 Å². The number of carbonyl (C=O) groups excluding carboxylic acids is 1. The van der Waals surface area contributed by atoms with Crippen molar-refractivity contribution in [3.63, 3.8) is 0 Å². The van der Waals surface area contributed by atoms with E-state index in [4.69, 9.17) is 14.5 Å². The Morgan fingerprint density at radius 3 is 2.21 bits per heavy atom. The summed E-state index contributed by atoms with van der Waals surface area (Å²) in [6.07, 6.45) is 4.46. The average Bonchev–Trinajstić information content (AvgIpc) is 2.97. The molecule has 1 amide bonds. The number of hydrogen-bond donors (Lipinski definition) is 1. The second kappa shape index (κ2) is 13.6. The van der Waals surface area contributed by atoms with Crippen LogP contribution in [-0.4, -0.2) is 28.6 Å². The lowest BCUT2D eigenvalue weighted by molar-refractivity contribution is 0.0942. The van der Waals surface area contributed by atoms with Crippen LogP contribution in [0.15, 0.2) is 66.7 Å². The molecule has 0 spiro atoms. The molecule has 0 saturated heterocycles. The first-order valence-corrected chi connectivity index (χ1v) is 15.7. The van der Waals surface area contributed by atoms with E-state index in [1.807, 2.05) is 43.3 Å². The molecule has 5 nitrogen and oxygen atoms in total. The molecule has 0 aliphatic heterocycles. The van der Waals surface area contributed by atoms with Gasteiger partial charge in [0.25, 0.3) is 5.91 Å². The number of para-hydroxylation sites is 1. The minimum absolute atomic E-state index is 0.0572. The zero-order valence-electron chi connectivity index (χ0n) is 27.3. The topological polar surface area (TPSA) is 60.5 Å². The fourth-order valence-corrected chi connectivity index (χ4v) is 4.98. The maximum Gasteiger partial charge on any atom is 0.252 e. The van der Waals surface area contributed by atoms with Crippen LogP contribution in [0.1, 0.15) is 94.3 Å². The highest BCUT2D eigenvalue weighted by Crippen LogP contribution is 2.33. The second-order valence-electron chi connectivity index (χ2n) is 12.8. The van der Waals surface area contributed by atoms with Crippen LogP contribution in [0.2, 0.25) is 0 Å². The maximum absolute atomic E-state index is 13.6. The summed E-state index contributed by atoms with van der Waals surface area (Å²) in [4.78, 5) is 18.5. The lowest BCUT2D eigenvalue weighted by atomic mass is 9.96. The molecule has 4 aromatic rings. The minimum atomic E-state index is -0.274. The normalized spacial score (nSPS) is 11.9. The minimum Gasteiger partial charge on any atom is -0.488 e. The van der Waals surface area contributed by atoms with Crippen molar-refractivity contribution in [2.75, 3.05) is 6.54 Å². The number of amides is 1. The first-order chi connectivity index (χ1) is 20.4. The van der Waals surface area contributed by atoms with Crippen LogP contribution in [0.5, 0.6) is 11.5 Å². The van der Waals surface area contributed by atoms with E-state index >= 15 is 0 Å². The number of unbranched alkanes of at least 4 members (excludes halogenated alkanes) is 1. The predicted octanol–water partition coefficient (Wildman–Crippen LogP) is 9.41. The number of aryl methyl sites for hydroxylation is 2. The fourth-order valence-electron chi connectivity index (χ4n) is 4.98. The van der Waals surface area contributed by atoms with E-state index in [0.717, 1.165) is 76.9 Å². The van der Waals surface area contributed by atoms with E-state index in [9.17, 15) is 4.79 Å². The number of rotatable bonds is 13. The van der Waals surface area contributed by atoms with Crippen molar-refractivity contribution < 1.29 is 14.3 Å². The third kappa shape index (κ3) is 8.16. The highest BCUT2D eigenvalue weighted by atomic mass is 16.5. The van der Waals surface area contributed by atoms with Gasteiger partial charge in [-0.1, -0.05) is 67.9 Å². The zero-order chi connectivity index (χ0) is 31.2. The summed E-state index contributed by atoms with van der Waals surface area (Å²) in [6.45, 7) is 17.4.